The predicted molar refractivity (Wildman–Crippen MR) is 86.1 cm³/mol. The molecule has 0 unspecified atom stereocenters. The highest BCUT2D eigenvalue weighted by atomic mass is 32.2. The third-order valence-electron chi connectivity index (χ3n) is 3.17. The molecule has 1 aliphatic rings. The van der Waals surface area contributed by atoms with Gasteiger partial charge in [-0.1, -0.05) is 11.8 Å². The molecule has 1 aliphatic heterocycles. The molecule has 0 aliphatic carbocycles. The van der Waals surface area contributed by atoms with Crippen LogP contribution in [0.3, 0.4) is 0 Å². The molecule has 8 nitrogen and oxygen atoms in total. The molecule has 2 N–H and O–H groups in total. The van der Waals surface area contributed by atoms with Crippen LogP contribution in [0.2, 0.25) is 0 Å². The zero-order valence-electron chi connectivity index (χ0n) is 13.7. The maximum absolute atomic E-state index is 12.1. The normalized spacial score (nSPS) is 18.6. The van der Waals surface area contributed by atoms with Gasteiger partial charge >= 0.3 is 6.09 Å². The van der Waals surface area contributed by atoms with Gasteiger partial charge in [0, 0.05) is 19.1 Å². The van der Waals surface area contributed by atoms with Gasteiger partial charge in [-0.3, -0.25) is 9.89 Å². The molecule has 0 bridgehead atoms. The number of aromatic nitrogens is 3. The maximum Gasteiger partial charge on any atom is 0.410 e. The Hall–Kier alpha value is -1.77. The van der Waals surface area contributed by atoms with E-state index >= 15 is 0 Å². The molecular formula is C14H23N5O3S. The number of rotatable bonds is 4. The van der Waals surface area contributed by atoms with Crippen molar-refractivity contribution in [2.24, 2.45) is 0 Å². The Kier molecular flexibility index (Phi) is 5.86. The van der Waals surface area contributed by atoms with Crippen LogP contribution in [0.15, 0.2) is 11.5 Å². The Bertz CT molecular complexity index is 529. The first-order valence-corrected chi connectivity index (χ1v) is 8.57. The standard InChI is InChI=1S/C14H23N5O3S/c1-14(2,3)22-13(21)19-6-4-5-10(7-19)17-11(20)8-23-12-15-9-16-18-12/h9-10H,4-8H2,1-3H3,(H,17,20)(H,15,16,18)/t10-/m0/s1. The van der Waals surface area contributed by atoms with Gasteiger partial charge in [0.05, 0.1) is 5.75 Å². The van der Waals surface area contributed by atoms with Crippen molar-refractivity contribution in [3.63, 3.8) is 0 Å². The minimum absolute atomic E-state index is 0.0425. The maximum atomic E-state index is 12.1. The van der Waals surface area contributed by atoms with Crippen LogP contribution >= 0.6 is 11.8 Å². The van der Waals surface area contributed by atoms with Crippen molar-refractivity contribution in [1.29, 1.82) is 0 Å². The molecule has 0 radical (unpaired) electrons. The average Bonchev–Trinajstić information content (AvgIpc) is 2.97. The van der Waals surface area contributed by atoms with E-state index in [0.29, 0.717) is 18.2 Å². The summed E-state index contributed by atoms with van der Waals surface area (Å²) >= 11 is 1.29. The number of likely N-dealkylation sites (tertiary alicyclic amines) is 1. The van der Waals surface area contributed by atoms with Crippen molar-refractivity contribution < 1.29 is 14.3 Å². The van der Waals surface area contributed by atoms with Crippen LogP contribution in [0, 0.1) is 0 Å². The molecule has 0 spiro atoms. The molecule has 23 heavy (non-hydrogen) atoms. The summed E-state index contributed by atoms with van der Waals surface area (Å²) in [5.74, 6) is 0.181. The summed E-state index contributed by atoms with van der Waals surface area (Å²) in [6.07, 6.45) is 2.78. The molecule has 1 aromatic rings. The third kappa shape index (κ3) is 6.09. The van der Waals surface area contributed by atoms with Gasteiger partial charge in [-0.25, -0.2) is 9.78 Å². The van der Waals surface area contributed by atoms with E-state index < -0.39 is 5.60 Å². The van der Waals surface area contributed by atoms with Crippen LogP contribution in [0.1, 0.15) is 33.6 Å². The molecule has 1 saturated heterocycles. The summed E-state index contributed by atoms with van der Waals surface area (Å²) in [5.41, 5.74) is -0.513. The molecule has 1 fully saturated rings. The predicted octanol–water partition coefficient (Wildman–Crippen LogP) is 1.41. The number of piperidine rings is 1. The lowest BCUT2D eigenvalue weighted by atomic mass is 10.1. The van der Waals surface area contributed by atoms with E-state index in [1.807, 2.05) is 20.8 Å². The summed E-state index contributed by atoms with van der Waals surface area (Å²) in [4.78, 5) is 29.7. The lowest BCUT2D eigenvalue weighted by molar-refractivity contribution is -0.119. The van der Waals surface area contributed by atoms with Gasteiger partial charge in [0.15, 0.2) is 5.16 Å². The number of hydrogen-bond donors (Lipinski definition) is 2. The van der Waals surface area contributed by atoms with E-state index in [0.717, 1.165) is 12.8 Å². The Balaban J connectivity index is 1.77. The fourth-order valence-corrected chi connectivity index (χ4v) is 2.84. The number of thioether (sulfide) groups is 1. The SMILES string of the molecule is CC(C)(C)OC(=O)N1CCC[C@H](NC(=O)CSc2ncn[nH]2)C1. The minimum atomic E-state index is -0.513. The summed E-state index contributed by atoms with van der Waals surface area (Å²) in [6.45, 7) is 6.67. The average molecular weight is 341 g/mol. The summed E-state index contributed by atoms with van der Waals surface area (Å²) < 4.78 is 5.38. The van der Waals surface area contributed by atoms with E-state index in [-0.39, 0.29) is 23.8 Å². The summed E-state index contributed by atoms with van der Waals surface area (Å²) in [5, 5.41) is 9.99. The number of H-pyrrole nitrogens is 1. The lowest BCUT2D eigenvalue weighted by Crippen LogP contribution is -2.51. The molecule has 2 heterocycles. The van der Waals surface area contributed by atoms with E-state index in [4.69, 9.17) is 4.74 Å². The van der Waals surface area contributed by atoms with E-state index in [9.17, 15) is 9.59 Å². The smallest absolute Gasteiger partial charge is 0.410 e. The first-order chi connectivity index (χ1) is 10.8. The third-order valence-corrected chi connectivity index (χ3v) is 4.05. The number of carbonyl (C=O) groups excluding carboxylic acids is 2. The molecule has 2 amide bonds. The van der Waals surface area contributed by atoms with Crippen LogP contribution < -0.4 is 5.32 Å². The number of ether oxygens (including phenoxy) is 1. The number of amides is 2. The Morgan fingerprint density at radius 1 is 1.52 bits per heavy atom. The van der Waals surface area contributed by atoms with Crippen molar-refractivity contribution in [3.05, 3.63) is 6.33 Å². The Morgan fingerprint density at radius 2 is 2.30 bits per heavy atom. The number of hydrogen-bond acceptors (Lipinski definition) is 6. The molecule has 9 heteroatoms. The first kappa shape index (κ1) is 17.6. The minimum Gasteiger partial charge on any atom is -0.444 e. The lowest BCUT2D eigenvalue weighted by Gasteiger charge is -2.34. The molecular weight excluding hydrogens is 318 g/mol. The fourth-order valence-electron chi connectivity index (χ4n) is 2.25. The van der Waals surface area contributed by atoms with E-state index in [2.05, 4.69) is 20.5 Å². The van der Waals surface area contributed by atoms with Gasteiger partial charge in [0.25, 0.3) is 0 Å². The number of nitrogens with zero attached hydrogens (tertiary/aromatic N) is 3. The van der Waals surface area contributed by atoms with Gasteiger partial charge in [-0.15, -0.1) is 0 Å². The highest BCUT2D eigenvalue weighted by molar-refractivity contribution is 7.99. The topological polar surface area (TPSA) is 100 Å². The van der Waals surface area contributed by atoms with E-state index in [1.54, 1.807) is 4.90 Å². The second kappa shape index (κ2) is 7.67. The fraction of sp³-hybridized carbons (Fsp3) is 0.714. The largest absolute Gasteiger partial charge is 0.444 e. The first-order valence-electron chi connectivity index (χ1n) is 7.59. The van der Waals surface area contributed by atoms with Crippen LogP contribution in [0.4, 0.5) is 4.79 Å². The number of aromatic amines is 1. The molecule has 128 valence electrons. The second-order valence-electron chi connectivity index (χ2n) is 6.41. The van der Waals surface area contributed by atoms with Crippen LogP contribution in [0.25, 0.3) is 0 Å². The van der Waals surface area contributed by atoms with Crippen molar-refractivity contribution >= 4 is 23.8 Å². The van der Waals surface area contributed by atoms with Gasteiger partial charge in [0.1, 0.15) is 11.9 Å². The molecule has 1 atom stereocenters. The molecule has 0 aromatic carbocycles. The second-order valence-corrected chi connectivity index (χ2v) is 7.38. The zero-order valence-corrected chi connectivity index (χ0v) is 14.5. The van der Waals surface area contributed by atoms with Crippen LogP contribution in [-0.2, 0) is 9.53 Å². The number of carbonyl (C=O) groups is 2. The van der Waals surface area contributed by atoms with Crippen molar-refractivity contribution in [1.82, 2.24) is 25.4 Å². The molecule has 1 aromatic heterocycles. The van der Waals surface area contributed by atoms with Crippen LogP contribution in [-0.4, -0.2) is 62.6 Å². The zero-order chi connectivity index (χ0) is 16.9. The van der Waals surface area contributed by atoms with Crippen LogP contribution in [0.5, 0.6) is 0 Å². The van der Waals surface area contributed by atoms with Crippen molar-refractivity contribution in [2.75, 3.05) is 18.8 Å². The number of nitrogens with one attached hydrogen (secondary N) is 2. The molecule has 0 saturated carbocycles. The Morgan fingerprint density at radius 3 is 2.96 bits per heavy atom. The van der Waals surface area contributed by atoms with Gasteiger partial charge in [-0.05, 0) is 33.6 Å². The van der Waals surface area contributed by atoms with Gasteiger partial charge < -0.3 is 15.0 Å². The summed E-state index contributed by atoms with van der Waals surface area (Å²) in [7, 11) is 0. The van der Waals surface area contributed by atoms with Crippen molar-refractivity contribution in [2.45, 2.75) is 50.4 Å². The monoisotopic (exact) mass is 341 g/mol. The highest BCUT2D eigenvalue weighted by Gasteiger charge is 2.28. The van der Waals surface area contributed by atoms with Gasteiger partial charge in [0.2, 0.25) is 5.91 Å². The van der Waals surface area contributed by atoms with Gasteiger partial charge in [-0.2, -0.15) is 5.10 Å². The van der Waals surface area contributed by atoms with Crippen molar-refractivity contribution in [3.8, 4) is 0 Å². The van der Waals surface area contributed by atoms with E-state index in [1.165, 1.54) is 18.1 Å². The molecule has 2 rings (SSSR count). The Labute approximate surface area is 139 Å². The summed E-state index contributed by atoms with van der Waals surface area (Å²) in [6, 6.07) is -0.0425. The highest BCUT2D eigenvalue weighted by Crippen LogP contribution is 2.16. The quantitative estimate of drug-likeness (QED) is 0.803.